The summed E-state index contributed by atoms with van der Waals surface area (Å²) in [6, 6.07) is 7.50. The average molecular weight is 486 g/mol. The van der Waals surface area contributed by atoms with Crippen molar-refractivity contribution in [3.8, 4) is 11.5 Å². The van der Waals surface area contributed by atoms with Gasteiger partial charge in [-0.05, 0) is 12.1 Å². The number of halogens is 5. The molecular formula is C20H19F5N6O3. The number of aromatic nitrogens is 4. The largest absolute Gasteiger partial charge is 0.428 e. The number of benzene rings is 1. The number of carbonyl (C=O) groups excluding carboxylic acids is 1. The van der Waals surface area contributed by atoms with Crippen molar-refractivity contribution in [2.75, 3.05) is 19.0 Å². The fourth-order valence-electron chi connectivity index (χ4n) is 2.91. The molecule has 4 N–H and O–H groups in total. The number of carbonyl (C=O) groups is 1. The molecule has 3 aromatic rings. The third-order valence-electron chi connectivity index (χ3n) is 4.79. The van der Waals surface area contributed by atoms with Crippen molar-refractivity contribution in [1.29, 1.82) is 0 Å². The summed E-state index contributed by atoms with van der Waals surface area (Å²) in [4.78, 5) is 18.8. The summed E-state index contributed by atoms with van der Waals surface area (Å²) in [5.41, 5.74) is 1.62. The number of anilines is 1. The normalized spacial score (nSPS) is 13.5. The van der Waals surface area contributed by atoms with Gasteiger partial charge in [0.1, 0.15) is 11.5 Å². The van der Waals surface area contributed by atoms with E-state index in [1.165, 1.54) is 30.0 Å². The van der Waals surface area contributed by atoms with E-state index in [0.717, 1.165) is 0 Å². The van der Waals surface area contributed by atoms with Crippen LogP contribution in [0.2, 0.25) is 0 Å². The second-order valence-electron chi connectivity index (χ2n) is 7.17. The maximum absolute atomic E-state index is 14.1. The maximum atomic E-state index is 14.1. The van der Waals surface area contributed by atoms with Gasteiger partial charge in [-0.3, -0.25) is 9.48 Å². The molecule has 0 bridgehead atoms. The number of nitrogens with one attached hydrogen (secondary N) is 1. The number of amides is 1. The Morgan fingerprint density at radius 3 is 2.56 bits per heavy atom. The average Bonchev–Trinajstić information content (AvgIpc) is 3.16. The van der Waals surface area contributed by atoms with Crippen LogP contribution in [0.4, 0.5) is 27.8 Å². The number of aliphatic hydroxyl groups is 1. The topological polar surface area (TPSA) is 128 Å². The lowest BCUT2D eigenvalue weighted by Crippen LogP contribution is -2.59. The highest BCUT2D eigenvalue weighted by Gasteiger charge is 2.58. The summed E-state index contributed by atoms with van der Waals surface area (Å²) in [5, 5.41) is 15.9. The Kier molecular flexibility index (Phi) is 7.12. The summed E-state index contributed by atoms with van der Waals surface area (Å²) in [5.74, 6) is -4.60. The molecule has 0 fully saturated rings. The van der Waals surface area contributed by atoms with Crippen LogP contribution in [0.1, 0.15) is 11.3 Å². The van der Waals surface area contributed by atoms with Crippen LogP contribution in [-0.2, 0) is 22.7 Å². The number of hydrogen-bond donors (Lipinski definition) is 3. The van der Waals surface area contributed by atoms with Gasteiger partial charge in [-0.2, -0.15) is 18.3 Å². The fourth-order valence-corrected chi connectivity index (χ4v) is 2.91. The standard InChI is InChI=1S/C20H19F5N6O3/c1-34-9-12-6-15(30-31(12)8-11-4-2-3-5-13(11)21)17-27-7-14(22)16(29-17)28-10-19(33,18(26)32)20(23,24)25/h2-7,33H,8-10H2,1H3,(H2,26,32)(H,27,28,29). The van der Waals surface area contributed by atoms with E-state index in [1.807, 2.05) is 5.32 Å². The Balaban J connectivity index is 1.91. The Morgan fingerprint density at radius 1 is 1.24 bits per heavy atom. The molecule has 0 spiro atoms. The molecular weight excluding hydrogens is 467 g/mol. The van der Waals surface area contributed by atoms with Gasteiger partial charge in [0.05, 0.1) is 31.6 Å². The van der Waals surface area contributed by atoms with E-state index in [2.05, 4.69) is 20.8 Å². The van der Waals surface area contributed by atoms with Crippen molar-refractivity contribution in [2.45, 2.75) is 24.9 Å². The number of ether oxygens (including phenoxy) is 1. The second kappa shape index (κ2) is 9.69. The minimum Gasteiger partial charge on any atom is -0.378 e. The molecule has 1 unspecified atom stereocenters. The molecule has 1 aromatic carbocycles. The molecule has 182 valence electrons. The van der Waals surface area contributed by atoms with Crippen molar-refractivity contribution >= 4 is 11.7 Å². The zero-order chi connectivity index (χ0) is 25.1. The van der Waals surface area contributed by atoms with Crippen molar-refractivity contribution in [3.05, 3.63) is 59.4 Å². The lowest BCUT2D eigenvalue weighted by atomic mass is 10.0. The van der Waals surface area contributed by atoms with Crippen molar-refractivity contribution < 1.29 is 36.6 Å². The number of nitrogens with zero attached hydrogens (tertiary/aromatic N) is 4. The van der Waals surface area contributed by atoms with Crippen LogP contribution in [-0.4, -0.2) is 56.2 Å². The van der Waals surface area contributed by atoms with E-state index in [4.69, 9.17) is 4.74 Å². The van der Waals surface area contributed by atoms with Crippen LogP contribution >= 0.6 is 0 Å². The molecule has 9 nitrogen and oxygen atoms in total. The summed E-state index contributed by atoms with van der Waals surface area (Å²) < 4.78 is 73.9. The molecule has 1 amide bonds. The molecule has 0 saturated carbocycles. The second-order valence-corrected chi connectivity index (χ2v) is 7.17. The molecule has 34 heavy (non-hydrogen) atoms. The van der Waals surface area contributed by atoms with Crippen LogP contribution in [0.3, 0.4) is 0 Å². The van der Waals surface area contributed by atoms with E-state index in [9.17, 15) is 31.9 Å². The Bertz CT molecular complexity index is 1190. The predicted molar refractivity (Wildman–Crippen MR) is 108 cm³/mol. The third kappa shape index (κ3) is 5.12. The molecule has 0 radical (unpaired) electrons. The highest BCUT2D eigenvalue weighted by Crippen LogP contribution is 2.31. The zero-order valence-electron chi connectivity index (χ0n) is 17.6. The van der Waals surface area contributed by atoms with E-state index in [1.54, 1.807) is 12.1 Å². The number of methoxy groups -OCH3 is 1. The minimum atomic E-state index is -5.42. The number of nitrogens with two attached hydrogens (primary N) is 1. The van der Waals surface area contributed by atoms with Crippen LogP contribution in [0, 0.1) is 11.6 Å². The third-order valence-corrected chi connectivity index (χ3v) is 4.79. The molecule has 2 aromatic heterocycles. The minimum absolute atomic E-state index is 0.0227. The van der Waals surface area contributed by atoms with Crippen molar-refractivity contribution in [2.24, 2.45) is 5.73 Å². The number of rotatable bonds is 9. The first-order chi connectivity index (χ1) is 16.0. The van der Waals surface area contributed by atoms with Gasteiger partial charge in [0.25, 0.3) is 11.5 Å². The lowest BCUT2D eigenvalue weighted by molar-refractivity contribution is -0.245. The van der Waals surface area contributed by atoms with Gasteiger partial charge in [-0.1, -0.05) is 18.2 Å². The molecule has 2 heterocycles. The van der Waals surface area contributed by atoms with Gasteiger partial charge in [-0.25, -0.2) is 18.7 Å². The number of alkyl halides is 3. The Hall–Kier alpha value is -3.65. The SMILES string of the molecule is COCc1cc(-c2ncc(F)c(NCC(O)(C(N)=O)C(F)(F)F)n2)nn1Cc1ccccc1F. The van der Waals surface area contributed by atoms with Crippen LogP contribution < -0.4 is 11.1 Å². The highest BCUT2D eigenvalue weighted by atomic mass is 19.4. The van der Waals surface area contributed by atoms with Crippen LogP contribution in [0.5, 0.6) is 0 Å². The summed E-state index contributed by atoms with van der Waals surface area (Å²) >= 11 is 0. The highest BCUT2D eigenvalue weighted by molar-refractivity contribution is 5.85. The first-order valence-corrected chi connectivity index (χ1v) is 9.61. The Labute approximate surface area is 189 Å². The smallest absolute Gasteiger partial charge is 0.378 e. The Morgan fingerprint density at radius 2 is 1.94 bits per heavy atom. The first-order valence-electron chi connectivity index (χ1n) is 9.61. The number of hydrogen-bond acceptors (Lipinski definition) is 7. The van der Waals surface area contributed by atoms with Crippen molar-refractivity contribution in [3.63, 3.8) is 0 Å². The van der Waals surface area contributed by atoms with Crippen molar-refractivity contribution in [1.82, 2.24) is 19.7 Å². The van der Waals surface area contributed by atoms with Gasteiger partial charge in [0.15, 0.2) is 17.5 Å². The van der Waals surface area contributed by atoms with E-state index < -0.39 is 41.7 Å². The molecule has 14 heteroatoms. The van der Waals surface area contributed by atoms with Crippen LogP contribution in [0.15, 0.2) is 36.5 Å². The van der Waals surface area contributed by atoms with E-state index >= 15 is 0 Å². The number of primary amides is 1. The molecule has 3 rings (SSSR count). The molecule has 0 aliphatic heterocycles. The van der Waals surface area contributed by atoms with E-state index in [-0.39, 0.29) is 24.7 Å². The van der Waals surface area contributed by atoms with Gasteiger partial charge in [0.2, 0.25) is 0 Å². The van der Waals surface area contributed by atoms with Gasteiger partial charge in [-0.15, -0.1) is 0 Å². The predicted octanol–water partition coefficient (Wildman–Crippen LogP) is 2.00. The molecule has 1 atom stereocenters. The molecule has 0 aliphatic rings. The quantitative estimate of drug-likeness (QED) is 0.395. The van der Waals surface area contributed by atoms with Gasteiger partial charge in [0, 0.05) is 12.7 Å². The zero-order valence-corrected chi connectivity index (χ0v) is 17.6. The maximum Gasteiger partial charge on any atom is 0.428 e. The molecule has 0 saturated heterocycles. The fraction of sp³-hybridized carbons (Fsp3) is 0.300. The summed E-state index contributed by atoms with van der Waals surface area (Å²) in [6.07, 6.45) is -4.74. The summed E-state index contributed by atoms with van der Waals surface area (Å²) in [6.45, 7) is -1.39. The van der Waals surface area contributed by atoms with E-state index in [0.29, 0.717) is 17.5 Å². The van der Waals surface area contributed by atoms with Crippen LogP contribution in [0.25, 0.3) is 11.5 Å². The van der Waals surface area contributed by atoms with Gasteiger partial charge >= 0.3 is 6.18 Å². The lowest BCUT2D eigenvalue weighted by Gasteiger charge is -2.27. The van der Waals surface area contributed by atoms with Gasteiger partial charge < -0.3 is 20.9 Å². The first kappa shape index (κ1) is 25.0. The monoisotopic (exact) mass is 486 g/mol. The molecule has 0 aliphatic carbocycles. The summed E-state index contributed by atoms with van der Waals surface area (Å²) in [7, 11) is 1.43.